The van der Waals surface area contributed by atoms with Gasteiger partial charge in [0.05, 0.1) is 13.2 Å². The van der Waals surface area contributed by atoms with Crippen LogP contribution in [0.15, 0.2) is 53.5 Å². The predicted molar refractivity (Wildman–Crippen MR) is 126 cm³/mol. The highest BCUT2D eigenvalue weighted by Crippen LogP contribution is 2.10. The van der Waals surface area contributed by atoms with Crippen molar-refractivity contribution < 1.29 is 9.13 Å². The molecule has 0 amide bonds. The Hall–Kier alpha value is -1.71. The van der Waals surface area contributed by atoms with Crippen molar-refractivity contribution in [2.75, 3.05) is 39.9 Å². The Labute approximate surface area is 189 Å². The summed E-state index contributed by atoms with van der Waals surface area (Å²) in [6.45, 7) is 5.97. The fraction of sp³-hybridized carbons (Fsp3) is 0.409. The Morgan fingerprint density at radius 2 is 1.76 bits per heavy atom. The lowest BCUT2D eigenvalue weighted by molar-refractivity contribution is 0.0342. The van der Waals surface area contributed by atoms with E-state index < -0.39 is 0 Å². The van der Waals surface area contributed by atoms with Gasteiger partial charge in [-0.2, -0.15) is 0 Å². The predicted octanol–water partition coefficient (Wildman–Crippen LogP) is 3.18. The molecule has 1 aliphatic rings. The zero-order valence-electron chi connectivity index (χ0n) is 16.9. The van der Waals surface area contributed by atoms with Crippen molar-refractivity contribution in [3.8, 4) is 0 Å². The molecule has 7 heteroatoms. The summed E-state index contributed by atoms with van der Waals surface area (Å²) in [5.41, 5.74) is 3.51. The van der Waals surface area contributed by atoms with Crippen molar-refractivity contribution in [3.05, 3.63) is 71.0 Å². The summed E-state index contributed by atoms with van der Waals surface area (Å²) in [5, 5.41) is 6.63. The van der Waals surface area contributed by atoms with Crippen LogP contribution in [0.1, 0.15) is 16.7 Å². The molecule has 2 aromatic carbocycles. The number of halogens is 2. The highest BCUT2D eigenvalue weighted by Gasteiger charge is 2.10. The van der Waals surface area contributed by atoms with E-state index in [1.54, 1.807) is 19.2 Å². The third-order valence-electron chi connectivity index (χ3n) is 4.78. The van der Waals surface area contributed by atoms with Crippen LogP contribution in [0.2, 0.25) is 0 Å². The summed E-state index contributed by atoms with van der Waals surface area (Å²) >= 11 is 0. The van der Waals surface area contributed by atoms with Crippen LogP contribution in [0.3, 0.4) is 0 Å². The minimum Gasteiger partial charge on any atom is -0.379 e. The largest absolute Gasteiger partial charge is 0.379 e. The Morgan fingerprint density at radius 3 is 2.52 bits per heavy atom. The fourth-order valence-electron chi connectivity index (χ4n) is 3.28. The van der Waals surface area contributed by atoms with E-state index in [1.807, 2.05) is 6.07 Å². The van der Waals surface area contributed by atoms with Gasteiger partial charge in [-0.1, -0.05) is 36.4 Å². The number of hydrogen-bond donors (Lipinski definition) is 2. The van der Waals surface area contributed by atoms with Gasteiger partial charge in [0, 0.05) is 39.8 Å². The molecular formula is C22H30FIN4O. The molecule has 5 nitrogen and oxygen atoms in total. The maximum atomic E-state index is 13.2. The maximum absolute atomic E-state index is 13.2. The van der Waals surface area contributed by atoms with Gasteiger partial charge in [0.25, 0.3) is 0 Å². The molecule has 0 radical (unpaired) electrons. The quantitative estimate of drug-likeness (QED) is 0.340. The summed E-state index contributed by atoms with van der Waals surface area (Å²) in [7, 11) is 1.76. The van der Waals surface area contributed by atoms with Crippen LogP contribution in [0, 0.1) is 5.82 Å². The summed E-state index contributed by atoms with van der Waals surface area (Å²) < 4.78 is 18.7. The van der Waals surface area contributed by atoms with Crippen LogP contribution in [0.25, 0.3) is 0 Å². The SMILES string of the molecule is CN=C(NCCc1cccc(F)c1)NCc1cccc(CN2CCOCC2)c1.I. The van der Waals surface area contributed by atoms with Gasteiger partial charge >= 0.3 is 0 Å². The van der Waals surface area contributed by atoms with E-state index in [-0.39, 0.29) is 29.8 Å². The lowest BCUT2D eigenvalue weighted by Gasteiger charge is -2.26. The second-order valence-corrected chi connectivity index (χ2v) is 6.94. The summed E-state index contributed by atoms with van der Waals surface area (Å²) in [6, 6.07) is 15.3. The highest BCUT2D eigenvalue weighted by molar-refractivity contribution is 14.0. The number of guanidine groups is 1. The number of morpholine rings is 1. The van der Waals surface area contributed by atoms with Gasteiger partial charge in [-0.3, -0.25) is 9.89 Å². The van der Waals surface area contributed by atoms with Gasteiger partial charge in [-0.25, -0.2) is 4.39 Å². The van der Waals surface area contributed by atoms with Crippen molar-refractivity contribution in [2.45, 2.75) is 19.5 Å². The van der Waals surface area contributed by atoms with Crippen molar-refractivity contribution in [3.63, 3.8) is 0 Å². The van der Waals surface area contributed by atoms with Crippen LogP contribution >= 0.6 is 24.0 Å². The molecule has 2 aromatic rings. The Kier molecular flexibility index (Phi) is 10.4. The number of nitrogens with zero attached hydrogens (tertiary/aromatic N) is 2. The smallest absolute Gasteiger partial charge is 0.191 e. The molecule has 1 fully saturated rings. The first-order valence-corrected chi connectivity index (χ1v) is 9.80. The minimum atomic E-state index is -0.197. The molecule has 0 spiro atoms. The second kappa shape index (κ2) is 12.8. The number of aliphatic imine (C=N–C) groups is 1. The van der Waals surface area contributed by atoms with Crippen LogP contribution < -0.4 is 10.6 Å². The topological polar surface area (TPSA) is 48.9 Å². The van der Waals surface area contributed by atoms with E-state index >= 15 is 0 Å². The molecule has 0 bridgehead atoms. The lowest BCUT2D eigenvalue weighted by atomic mass is 10.1. The maximum Gasteiger partial charge on any atom is 0.191 e. The third-order valence-corrected chi connectivity index (χ3v) is 4.78. The number of ether oxygens (including phenoxy) is 1. The molecule has 0 aromatic heterocycles. The molecule has 0 aliphatic carbocycles. The van der Waals surface area contributed by atoms with Crippen LogP contribution in [0.4, 0.5) is 4.39 Å². The molecule has 1 aliphatic heterocycles. The molecule has 0 unspecified atom stereocenters. The first-order valence-electron chi connectivity index (χ1n) is 9.80. The molecule has 0 saturated carbocycles. The first kappa shape index (κ1) is 23.6. The van der Waals surface area contributed by atoms with Crippen molar-refractivity contribution >= 4 is 29.9 Å². The van der Waals surface area contributed by atoms with E-state index in [2.05, 4.69) is 44.8 Å². The zero-order chi connectivity index (χ0) is 19.6. The molecule has 3 rings (SSSR count). The molecule has 0 atom stereocenters. The average molecular weight is 512 g/mol. The minimum absolute atomic E-state index is 0. The van der Waals surface area contributed by atoms with Crippen molar-refractivity contribution in [2.24, 2.45) is 4.99 Å². The fourth-order valence-corrected chi connectivity index (χ4v) is 3.28. The second-order valence-electron chi connectivity index (χ2n) is 6.94. The zero-order valence-corrected chi connectivity index (χ0v) is 19.2. The third kappa shape index (κ3) is 8.28. The number of hydrogen-bond acceptors (Lipinski definition) is 3. The normalized spacial score (nSPS) is 14.9. The Balaban J connectivity index is 0.00000300. The number of benzene rings is 2. The van der Waals surface area contributed by atoms with Crippen molar-refractivity contribution in [1.82, 2.24) is 15.5 Å². The molecule has 29 heavy (non-hydrogen) atoms. The molecule has 2 N–H and O–H groups in total. The highest BCUT2D eigenvalue weighted by atomic mass is 127. The molecular weight excluding hydrogens is 482 g/mol. The van der Waals surface area contributed by atoms with E-state index in [0.29, 0.717) is 13.1 Å². The van der Waals surface area contributed by atoms with E-state index in [1.165, 1.54) is 17.2 Å². The first-order chi connectivity index (χ1) is 13.7. The van der Waals surface area contributed by atoms with Gasteiger partial charge in [-0.15, -0.1) is 24.0 Å². The molecule has 1 heterocycles. The van der Waals surface area contributed by atoms with Crippen LogP contribution in [-0.2, 0) is 24.2 Å². The molecule has 1 saturated heterocycles. The Bertz CT molecular complexity index is 781. The lowest BCUT2D eigenvalue weighted by Crippen LogP contribution is -2.38. The summed E-state index contributed by atoms with van der Waals surface area (Å²) in [5.74, 6) is 0.548. The van der Waals surface area contributed by atoms with E-state index in [0.717, 1.165) is 50.8 Å². The van der Waals surface area contributed by atoms with E-state index in [9.17, 15) is 4.39 Å². The van der Waals surface area contributed by atoms with Crippen molar-refractivity contribution in [1.29, 1.82) is 0 Å². The Morgan fingerprint density at radius 1 is 1.03 bits per heavy atom. The van der Waals surface area contributed by atoms with Gasteiger partial charge in [-0.05, 0) is 35.2 Å². The monoisotopic (exact) mass is 512 g/mol. The van der Waals surface area contributed by atoms with Gasteiger partial charge in [0.15, 0.2) is 5.96 Å². The average Bonchev–Trinajstić information content (AvgIpc) is 2.72. The van der Waals surface area contributed by atoms with Crippen LogP contribution in [0.5, 0.6) is 0 Å². The van der Waals surface area contributed by atoms with Gasteiger partial charge in [0.1, 0.15) is 5.82 Å². The standard InChI is InChI=1S/C22H29FN4O.HI/c1-24-22(25-9-8-18-4-3-7-21(23)15-18)26-16-19-5-2-6-20(14-19)17-27-10-12-28-13-11-27;/h2-7,14-15H,8-13,16-17H2,1H3,(H2,24,25,26);1H. The molecule has 158 valence electrons. The number of nitrogens with one attached hydrogen (secondary N) is 2. The van der Waals surface area contributed by atoms with Gasteiger partial charge < -0.3 is 15.4 Å². The van der Waals surface area contributed by atoms with Crippen LogP contribution in [-0.4, -0.2) is 50.8 Å². The summed E-state index contributed by atoms with van der Waals surface area (Å²) in [4.78, 5) is 6.69. The van der Waals surface area contributed by atoms with Gasteiger partial charge in [0.2, 0.25) is 0 Å². The summed E-state index contributed by atoms with van der Waals surface area (Å²) in [6.07, 6.45) is 0.744. The number of rotatable bonds is 7. The van der Waals surface area contributed by atoms with E-state index in [4.69, 9.17) is 4.74 Å².